The normalized spacial score (nSPS) is 17.8. The van der Waals surface area contributed by atoms with Crippen molar-refractivity contribution >= 4 is 10.0 Å². The van der Waals surface area contributed by atoms with E-state index in [-0.39, 0.29) is 10.8 Å². The van der Waals surface area contributed by atoms with Crippen molar-refractivity contribution in [1.82, 2.24) is 4.72 Å². The first-order chi connectivity index (χ1) is 8.59. The van der Waals surface area contributed by atoms with Crippen LogP contribution in [0.2, 0.25) is 0 Å². The van der Waals surface area contributed by atoms with E-state index in [1.807, 2.05) is 0 Å². The molecule has 1 aromatic carbocycles. The van der Waals surface area contributed by atoms with Crippen molar-refractivity contribution in [3.63, 3.8) is 0 Å². The van der Waals surface area contributed by atoms with E-state index in [2.05, 4.69) is 4.72 Å². The molecular formula is C12H16FNO3S. The predicted octanol–water partition coefficient (Wildman–Crippen LogP) is 1.53. The first-order valence-corrected chi connectivity index (χ1v) is 7.40. The molecule has 0 amide bonds. The number of sulfonamides is 1. The maximum atomic E-state index is 13.4. The van der Waals surface area contributed by atoms with Gasteiger partial charge in [0.15, 0.2) is 0 Å². The number of hydrogen-bond donors (Lipinski definition) is 1. The Balaban J connectivity index is 2.01. The molecule has 6 heteroatoms. The Morgan fingerprint density at radius 1 is 1.28 bits per heavy atom. The van der Waals surface area contributed by atoms with Crippen molar-refractivity contribution < 1.29 is 17.5 Å². The van der Waals surface area contributed by atoms with Crippen molar-refractivity contribution in [2.75, 3.05) is 19.8 Å². The largest absolute Gasteiger partial charge is 0.381 e. The summed E-state index contributed by atoms with van der Waals surface area (Å²) >= 11 is 0. The van der Waals surface area contributed by atoms with Gasteiger partial charge in [-0.2, -0.15) is 0 Å². The lowest BCUT2D eigenvalue weighted by Crippen LogP contribution is -2.32. The summed E-state index contributed by atoms with van der Waals surface area (Å²) in [4.78, 5) is -0.294. The summed E-state index contributed by atoms with van der Waals surface area (Å²) in [5, 5.41) is 0. The minimum absolute atomic E-state index is 0.264. The molecule has 0 atom stereocenters. The van der Waals surface area contributed by atoms with Crippen molar-refractivity contribution in [3.8, 4) is 0 Å². The number of halogens is 1. The molecule has 1 saturated heterocycles. The van der Waals surface area contributed by atoms with Gasteiger partial charge in [-0.1, -0.05) is 12.1 Å². The number of rotatable bonds is 4. The highest BCUT2D eigenvalue weighted by molar-refractivity contribution is 7.89. The molecule has 1 aromatic rings. The Labute approximate surface area is 106 Å². The van der Waals surface area contributed by atoms with Gasteiger partial charge in [0.2, 0.25) is 10.0 Å². The number of ether oxygens (including phenoxy) is 1. The molecule has 2 rings (SSSR count). The van der Waals surface area contributed by atoms with Crippen LogP contribution in [0.3, 0.4) is 0 Å². The molecule has 0 aliphatic carbocycles. The lowest BCUT2D eigenvalue weighted by atomic mass is 10.0. The smallest absolute Gasteiger partial charge is 0.243 e. The number of benzene rings is 1. The Kier molecular flexibility index (Phi) is 4.31. The molecule has 0 saturated carbocycles. The van der Waals surface area contributed by atoms with Crippen LogP contribution in [0.25, 0.3) is 0 Å². The van der Waals surface area contributed by atoms with E-state index < -0.39 is 15.8 Å². The lowest BCUT2D eigenvalue weighted by Gasteiger charge is -2.22. The summed E-state index contributed by atoms with van der Waals surface area (Å²) in [7, 11) is -3.76. The predicted molar refractivity (Wildman–Crippen MR) is 65.1 cm³/mol. The molecule has 0 unspecified atom stereocenters. The van der Waals surface area contributed by atoms with E-state index in [9.17, 15) is 12.8 Å². The van der Waals surface area contributed by atoms with Crippen LogP contribution in [0.15, 0.2) is 29.2 Å². The first-order valence-electron chi connectivity index (χ1n) is 5.91. The second-order valence-corrected chi connectivity index (χ2v) is 6.07. The quantitative estimate of drug-likeness (QED) is 0.905. The SMILES string of the molecule is O=S(=O)(NCC1CCOCC1)c1ccccc1F. The van der Waals surface area contributed by atoms with E-state index in [1.54, 1.807) is 0 Å². The van der Waals surface area contributed by atoms with Crippen molar-refractivity contribution in [2.24, 2.45) is 5.92 Å². The maximum Gasteiger partial charge on any atom is 0.243 e. The van der Waals surface area contributed by atoms with E-state index in [4.69, 9.17) is 4.74 Å². The molecule has 0 aromatic heterocycles. The van der Waals surface area contributed by atoms with Crippen LogP contribution in [0.1, 0.15) is 12.8 Å². The standard InChI is InChI=1S/C12H16FNO3S/c13-11-3-1-2-4-12(11)18(15,16)14-9-10-5-7-17-8-6-10/h1-4,10,14H,5-9H2. The van der Waals surface area contributed by atoms with Gasteiger partial charge in [-0.25, -0.2) is 17.5 Å². The first kappa shape index (κ1) is 13.5. The van der Waals surface area contributed by atoms with Gasteiger partial charge in [0.1, 0.15) is 10.7 Å². The average Bonchev–Trinajstić information content (AvgIpc) is 2.38. The monoisotopic (exact) mass is 273 g/mol. The van der Waals surface area contributed by atoms with Gasteiger partial charge in [0, 0.05) is 19.8 Å². The summed E-state index contributed by atoms with van der Waals surface area (Å²) < 4.78 is 44.9. The zero-order valence-electron chi connectivity index (χ0n) is 9.93. The zero-order chi connectivity index (χ0) is 13.0. The van der Waals surface area contributed by atoms with Gasteiger partial charge >= 0.3 is 0 Å². The minimum Gasteiger partial charge on any atom is -0.381 e. The van der Waals surface area contributed by atoms with Crippen molar-refractivity contribution in [1.29, 1.82) is 0 Å². The van der Waals surface area contributed by atoms with Crippen LogP contribution in [-0.4, -0.2) is 28.2 Å². The van der Waals surface area contributed by atoms with E-state index in [0.717, 1.165) is 18.9 Å². The van der Waals surface area contributed by atoms with Crippen molar-refractivity contribution in [3.05, 3.63) is 30.1 Å². The molecule has 1 aliphatic rings. The average molecular weight is 273 g/mol. The fourth-order valence-electron chi connectivity index (χ4n) is 1.92. The summed E-state index contributed by atoms with van der Waals surface area (Å²) in [6.07, 6.45) is 1.67. The Morgan fingerprint density at radius 3 is 2.61 bits per heavy atom. The molecule has 1 heterocycles. The van der Waals surface area contributed by atoms with E-state index >= 15 is 0 Å². The highest BCUT2D eigenvalue weighted by Crippen LogP contribution is 2.16. The highest BCUT2D eigenvalue weighted by Gasteiger charge is 2.21. The summed E-state index contributed by atoms with van der Waals surface area (Å²) in [5.41, 5.74) is 0. The number of hydrogen-bond acceptors (Lipinski definition) is 3. The fourth-order valence-corrected chi connectivity index (χ4v) is 3.11. The Bertz CT molecular complexity index is 498. The second kappa shape index (κ2) is 5.77. The fraction of sp³-hybridized carbons (Fsp3) is 0.500. The van der Waals surface area contributed by atoms with Crippen LogP contribution in [-0.2, 0) is 14.8 Å². The van der Waals surface area contributed by atoms with Crippen LogP contribution in [0.5, 0.6) is 0 Å². The van der Waals surface area contributed by atoms with E-state index in [1.165, 1.54) is 18.2 Å². The van der Waals surface area contributed by atoms with Gasteiger partial charge in [-0.05, 0) is 30.9 Å². The zero-order valence-corrected chi connectivity index (χ0v) is 10.7. The Hall–Kier alpha value is -0.980. The molecule has 100 valence electrons. The van der Waals surface area contributed by atoms with Crippen molar-refractivity contribution in [2.45, 2.75) is 17.7 Å². The Morgan fingerprint density at radius 2 is 1.94 bits per heavy atom. The molecule has 4 nitrogen and oxygen atoms in total. The maximum absolute atomic E-state index is 13.4. The topological polar surface area (TPSA) is 55.4 Å². The third-order valence-electron chi connectivity index (χ3n) is 3.03. The summed E-state index contributed by atoms with van der Waals surface area (Å²) in [6.45, 7) is 1.65. The van der Waals surface area contributed by atoms with Crippen LogP contribution < -0.4 is 4.72 Å². The van der Waals surface area contributed by atoms with Gasteiger partial charge in [-0.15, -0.1) is 0 Å². The van der Waals surface area contributed by atoms with Crippen LogP contribution in [0, 0.1) is 11.7 Å². The molecule has 1 fully saturated rings. The van der Waals surface area contributed by atoms with Gasteiger partial charge in [0.05, 0.1) is 0 Å². The molecular weight excluding hydrogens is 257 g/mol. The second-order valence-electron chi connectivity index (χ2n) is 4.34. The molecule has 0 radical (unpaired) electrons. The van der Waals surface area contributed by atoms with Gasteiger partial charge < -0.3 is 4.74 Å². The minimum atomic E-state index is -3.76. The molecule has 18 heavy (non-hydrogen) atoms. The third-order valence-corrected chi connectivity index (χ3v) is 4.49. The molecule has 0 bridgehead atoms. The van der Waals surface area contributed by atoms with Crippen LogP contribution >= 0.6 is 0 Å². The van der Waals surface area contributed by atoms with E-state index in [0.29, 0.717) is 19.8 Å². The summed E-state index contributed by atoms with van der Waals surface area (Å²) in [5.74, 6) is -0.461. The van der Waals surface area contributed by atoms with Gasteiger partial charge in [-0.3, -0.25) is 0 Å². The third kappa shape index (κ3) is 3.28. The highest BCUT2D eigenvalue weighted by atomic mass is 32.2. The van der Waals surface area contributed by atoms with Crippen LogP contribution in [0.4, 0.5) is 4.39 Å². The number of nitrogens with one attached hydrogen (secondary N) is 1. The lowest BCUT2D eigenvalue weighted by molar-refractivity contribution is 0.0678. The summed E-state index contributed by atoms with van der Waals surface area (Å²) in [6, 6.07) is 5.38. The molecule has 0 spiro atoms. The van der Waals surface area contributed by atoms with Gasteiger partial charge in [0.25, 0.3) is 0 Å². The molecule has 1 N–H and O–H groups in total. The molecule has 1 aliphatic heterocycles.